The Labute approximate surface area is 130 Å². The van der Waals surface area contributed by atoms with E-state index in [9.17, 15) is 8.42 Å². The number of rotatable bonds is 5. The fraction of sp³-hybridized carbons (Fsp3) is 0.182. The van der Waals surface area contributed by atoms with E-state index in [0.717, 1.165) is 11.3 Å². The Morgan fingerprint density at radius 2 is 2.15 bits per heavy atom. The highest BCUT2D eigenvalue weighted by Gasteiger charge is 2.18. The smallest absolute Gasteiger partial charge is 0.273 e. The Morgan fingerprint density at radius 1 is 1.40 bits per heavy atom. The first kappa shape index (κ1) is 15.4. The van der Waals surface area contributed by atoms with Crippen LogP contribution in [0.1, 0.15) is 6.92 Å². The summed E-state index contributed by atoms with van der Waals surface area (Å²) >= 11 is 12.5. The standard InChI is InChI=1S/C11H10Cl2N2O3S2/c1-2-18-9-4-3-7(5-8(9)12)15-20(16,17)10-6-14-11(13)19-10/h3-6,15H,2H2,1H3. The van der Waals surface area contributed by atoms with Gasteiger partial charge in [0.2, 0.25) is 0 Å². The third kappa shape index (κ3) is 3.54. The van der Waals surface area contributed by atoms with E-state index >= 15 is 0 Å². The maximum absolute atomic E-state index is 12.1. The lowest BCUT2D eigenvalue weighted by Gasteiger charge is -2.09. The van der Waals surface area contributed by atoms with E-state index in [0.29, 0.717) is 23.1 Å². The molecule has 9 heteroatoms. The molecule has 108 valence electrons. The van der Waals surface area contributed by atoms with Crippen LogP contribution in [-0.4, -0.2) is 20.0 Å². The summed E-state index contributed by atoms with van der Waals surface area (Å²) in [4.78, 5) is 3.70. The second kappa shape index (κ2) is 6.17. The lowest BCUT2D eigenvalue weighted by molar-refractivity contribution is 0.340. The van der Waals surface area contributed by atoms with Crippen molar-refractivity contribution in [3.8, 4) is 5.75 Å². The number of ether oxygens (including phenoxy) is 1. The number of anilines is 1. The van der Waals surface area contributed by atoms with Crippen LogP contribution in [0, 0.1) is 0 Å². The molecule has 1 aromatic heterocycles. The van der Waals surface area contributed by atoms with Gasteiger partial charge in [0.25, 0.3) is 10.0 Å². The van der Waals surface area contributed by atoms with Crippen LogP contribution >= 0.6 is 34.5 Å². The largest absolute Gasteiger partial charge is 0.492 e. The first-order chi connectivity index (χ1) is 9.42. The van der Waals surface area contributed by atoms with E-state index in [2.05, 4.69) is 9.71 Å². The Hall–Kier alpha value is -1.02. The minimum Gasteiger partial charge on any atom is -0.492 e. The molecule has 0 saturated heterocycles. The van der Waals surface area contributed by atoms with Crippen LogP contribution in [0.25, 0.3) is 0 Å². The highest BCUT2D eigenvalue weighted by molar-refractivity contribution is 7.94. The number of thiazole rings is 1. The van der Waals surface area contributed by atoms with Crippen LogP contribution in [0.15, 0.2) is 28.6 Å². The summed E-state index contributed by atoms with van der Waals surface area (Å²) < 4.78 is 32.0. The minimum atomic E-state index is -3.71. The molecule has 0 unspecified atom stereocenters. The average Bonchev–Trinajstić information content (AvgIpc) is 2.80. The van der Waals surface area contributed by atoms with Gasteiger partial charge in [-0.25, -0.2) is 13.4 Å². The molecule has 2 aromatic rings. The Bertz CT molecular complexity index is 716. The van der Waals surface area contributed by atoms with Gasteiger partial charge < -0.3 is 4.74 Å². The van der Waals surface area contributed by atoms with E-state index in [1.54, 1.807) is 12.1 Å². The predicted octanol–water partition coefficient (Wildman–Crippen LogP) is 3.65. The second-order valence-corrected chi connectivity index (χ2v) is 7.55. The van der Waals surface area contributed by atoms with Gasteiger partial charge in [0, 0.05) is 0 Å². The van der Waals surface area contributed by atoms with Crippen molar-refractivity contribution in [1.29, 1.82) is 0 Å². The number of aromatic nitrogens is 1. The van der Waals surface area contributed by atoms with Crippen molar-refractivity contribution >= 4 is 50.2 Å². The molecule has 20 heavy (non-hydrogen) atoms. The number of nitrogens with zero attached hydrogens (tertiary/aromatic N) is 1. The molecule has 0 aliphatic heterocycles. The summed E-state index contributed by atoms with van der Waals surface area (Å²) in [5.74, 6) is 0.498. The van der Waals surface area contributed by atoms with Gasteiger partial charge >= 0.3 is 0 Å². The van der Waals surface area contributed by atoms with Gasteiger partial charge in [-0.1, -0.05) is 34.5 Å². The van der Waals surface area contributed by atoms with Crippen molar-refractivity contribution in [2.45, 2.75) is 11.1 Å². The normalized spacial score (nSPS) is 11.3. The van der Waals surface area contributed by atoms with Crippen LogP contribution in [-0.2, 0) is 10.0 Å². The van der Waals surface area contributed by atoms with E-state index in [4.69, 9.17) is 27.9 Å². The summed E-state index contributed by atoms with van der Waals surface area (Å²) in [6.45, 7) is 2.31. The van der Waals surface area contributed by atoms with Gasteiger partial charge in [0.05, 0.1) is 23.5 Å². The van der Waals surface area contributed by atoms with Crippen LogP contribution in [0.2, 0.25) is 9.49 Å². The fourth-order valence-corrected chi connectivity index (χ4v) is 3.98. The Kier molecular flexibility index (Phi) is 4.74. The predicted molar refractivity (Wildman–Crippen MR) is 80.6 cm³/mol. The summed E-state index contributed by atoms with van der Waals surface area (Å²) in [5.41, 5.74) is 0.336. The van der Waals surface area contributed by atoms with Crippen LogP contribution in [0.5, 0.6) is 5.75 Å². The molecule has 0 atom stereocenters. The van der Waals surface area contributed by atoms with Crippen molar-refractivity contribution in [2.24, 2.45) is 0 Å². The molecule has 0 spiro atoms. The topological polar surface area (TPSA) is 68.3 Å². The zero-order chi connectivity index (χ0) is 14.8. The van der Waals surface area contributed by atoms with Crippen molar-refractivity contribution in [1.82, 2.24) is 4.98 Å². The third-order valence-corrected chi connectivity index (χ3v) is 5.46. The van der Waals surface area contributed by atoms with Gasteiger partial charge in [-0.15, -0.1) is 0 Å². The maximum atomic E-state index is 12.1. The van der Waals surface area contributed by atoms with E-state index < -0.39 is 10.0 Å². The first-order valence-electron chi connectivity index (χ1n) is 5.49. The summed E-state index contributed by atoms with van der Waals surface area (Å²) in [5, 5.41) is 0.328. The van der Waals surface area contributed by atoms with Crippen molar-refractivity contribution in [3.05, 3.63) is 33.9 Å². The number of hydrogen-bond acceptors (Lipinski definition) is 5. The zero-order valence-corrected chi connectivity index (χ0v) is 13.4. The molecule has 0 amide bonds. The number of sulfonamides is 1. The minimum absolute atomic E-state index is 0.0347. The summed E-state index contributed by atoms with van der Waals surface area (Å²) in [7, 11) is -3.71. The Morgan fingerprint density at radius 3 is 2.70 bits per heavy atom. The molecule has 1 aromatic carbocycles. The molecule has 0 fully saturated rings. The number of nitrogens with one attached hydrogen (secondary N) is 1. The molecule has 0 aliphatic rings. The van der Waals surface area contributed by atoms with Gasteiger partial charge in [0.15, 0.2) is 8.68 Å². The first-order valence-corrected chi connectivity index (χ1v) is 8.54. The van der Waals surface area contributed by atoms with E-state index in [1.807, 2.05) is 6.92 Å². The molecule has 1 heterocycles. The summed E-state index contributed by atoms with van der Waals surface area (Å²) in [6, 6.07) is 4.65. The van der Waals surface area contributed by atoms with Gasteiger partial charge in [-0.2, -0.15) is 0 Å². The molecule has 0 bridgehead atoms. The maximum Gasteiger partial charge on any atom is 0.273 e. The molecule has 5 nitrogen and oxygen atoms in total. The van der Waals surface area contributed by atoms with Gasteiger partial charge in [-0.05, 0) is 25.1 Å². The summed E-state index contributed by atoms with van der Waals surface area (Å²) in [6.07, 6.45) is 1.20. The van der Waals surface area contributed by atoms with E-state index in [1.165, 1.54) is 12.3 Å². The van der Waals surface area contributed by atoms with Crippen LogP contribution < -0.4 is 9.46 Å². The zero-order valence-electron chi connectivity index (χ0n) is 10.3. The number of hydrogen-bond donors (Lipinski definition) is 1. The van der Waals surface area contributed by atoms with Crippen LogP contribution in [0.3, 0.4) is 0 Å². The van der Waals surface area contributed by atoms with Gasteiger partial charge in [-0.3, -0.25) is 4.72 Å². The quantitative estimate of drug-likeness (QED) is 0.891. The lowest BCUT2D eigenvalue weighted by atomic mass is 10.3. The van der Waals surface area contributed by atoms with Crippen molar-refractivity contribution in [3.63, 3.8) is 0 Å². The van der Waals surface area contributed by atoms with Crippen molar-refractivity contribution in [2.75, 3.05) is 11.3 Å². The lowest BCUT2D eigenvalue weighted by Crippen LogP contribution is -2.11. The highest BCUT2D eigenvalue weighted by atomic mass is 35.5. The van der Waals surface area contributed by atoms with E-state index in [-0.39, 0.29) is 8.68 Å². The monoisotopic (exact) mass is 352 g/mol. The van der Waals surface area contributed by atoms with Crippen LogP contribution in [0.4, 0.5) is 5.69 Å². The Balaban J connectivity index is 2.24. The highest BCUT2D eigenvalue weighted by Crippen LogP contribution is 2.30. The third-order valence-electron chi connectivity index (χ3n) is 2.21. The molecule has 2 rings (SSSR count). The SMILES string of the molecule is CCOc1ccc(NS(=O)(=O)c2cnc(Cl)s2)cc1Cl. The molecule has 0 aliphatic carbocycles. The second-order valence-electron chi connectivity index (χ2n) is 3.62. The number of halogens is 2. The number of benzene rings is 1. The molecule has 0 saturated carbocycles. The average molecular weight is 353 g/mol. The van der Waals surface area contributed by atoms with Crippen molar-refractivity contribution < 1.29 is 13.2 Å². The molecule has 0 radical (unpaired) electrons. The molecule has 1 N–H and O–H groups in total. The molecular formula is C11H10Cl2N2O3S2. The van der Waals surface area contributed by atoms with Gasteiger partial charge in [0.1, 0.15) is 5.75 Å². The molecular weight excluding hydrogens is 343 g/mol. The fourth-order valence-electron chi connectivity index (χ4n) is 1.41.